The summed E-state index contributed by atoms with van der Waals surface area (Å²) in [5.41, 5.74) is 5.46. The van der Waals surface area contributed by atoms with Crippen LogP contribution in [0.4, 0.5) is 0 Å². The predicted octanol–water partition coefficient (Wildman–Crippen LogP) is 2.80. The zero-order chi connectivity index (χ0) is 8.69. The molecule has 2 N–H and O–H groups in total. The lowest BCUT2D eigenvalue weighted by atomic mass is 9.97. The second-order valence-electron chi connectivity index (χ2n) is 4.01. The minimum absolute atomic E-state index is 0.832. The Morgan fingerprint density at radius 2 is 1.64 bits per heavy atom. The van der Waals surface area contributed by atoms with Crippen molar-refractivity contribution >= 4 is 0 Å². The van der Waals surface area contributed by atoms with Crippen LogP contribution in [0.2, 0.25) is 0 Å². The average molecular weight is 157 g/mol. The zero-order valence-electron chi connectivity index (χ0n) is 8.27. The normalized spacial score (nSPS) is 13.9. The van der Waals surface area contributed by atoms with Crippen LogP contribution in [-0.2, 0) is 0 Å². The van der Waals surface area contributed by atoms with Crippen molar-refractivity contribution in [2.24, 2.45) is 17.6 Å². The molecule has 1 atom stereocenters. The summed E-state index contributed by atoms with van der Waals surface area (Å²) >= 11 is 0. The van der Waals surface area contributed by atoms with Crippen LogP contribution in [0, 0.1) is 11.8 Å². The molecule has 0 aliphatic heterocycles. The lowest BCUT2D eigenvalue weighted by molar-refractivity contribution is 0.441. The lowest BCUT2D eigenvalue weighted by Crippen LogP contribution is -2.05. The van der Waals surface area contributed by atoms with Crippen LogP contribution < -0.4 is 5.73 Å². The van der Waals surface area contributed by atoms with E-state index in [1.54, 1.807) is 0 Å². The van der Waals surface area contributed by atoms with Gasteiger partial charge in [-0.2, -0.15) is 0 Å². The van der Waals surface area contributed by atoms with Gasteiger partial charge in [-0.3, -0.25) is 0 Å². The van der Waals surface area contributed by atoms with Crippen molar-refractivity contribution in [1.82, 2.24) is 0 Å². The Labute approximate surface area is 71.4 Å². The smallest absolute Gasteiger partial charge is 0.00747 e. The molecule has 0 bridgehead atoms. The number of hydrogen-bond acceptors (Lipinski definition) is 1. The first-order valence-electron chi connectivity index (χ1n) is 4.87. The molecule has 0 aliphatic rings. The van der Waals surface area contributed by atoms with Gasteiger partial charge < -0.3 is 5.73 Å². The summed E-state index contributed by atoms with van der Waals surface area (Å²) in [7, 11) is 0. The Morgan fingerprint density at radius 1 is 1.00 bits per heavy atom. The van der Waals surface area contributed by atoms with Crippen molar-refractivity contribution in [3.63, 3.8) is 0 Å². The van der Waals surface area contributed by atoms with Gasteiger partial charge in [-0.1, -0.05) is 40.0 Å². The standard InChI is InChI=1S/C10H23N/c1-9(2)5-4-6-10(3)7-8-11/h9-10H,4-8,11H2,1-3H3/t10-/m0/s1. The molecule has 0 unspecified atom stereocenters. The van der Waals surface area contributed by atoms with E-state index in [1.165, 1.54) is 25.7 Å². The first-order chi connectivity index (χ1) is 5.16. The number of nitrogens with two attached hydrogens (primary N) is 1. The Bertz CT molecular complexity index is 78.9. The molecular weight excluding hydrogens is 134 g/mol. The molecule has 0 heterocycles. The van der Waals surface area contributed by atoms with Gasteiger partial charge in [0.15, 0.2) is 0 Å². The molecule has 1 nitrogen and oxygen atoms in total. The van der Waals surface area contributed by atoms with Crippen LogP contribution in [0.3, 0.4) is 0 Å². The summed E-state index contributed by atoms with van der Waals surface area (Å²) in [5, 5.41) is 0. The molecule has 11 heavy (non-hydrogen) atoms. The molecule has 0 saturated carbocycles. The molecule has 1 heteroatoms. The summed E-state index contributed by atoms with van der Waals surface area (Å²) in [5.74, 6) is 1.69. The molecule has 0 amide bonds. The van der Waals surface area contributed by atoms with Gasteiger partial charge in [0.2, 0.25) is 0 Å². The Kier molecular flexibility index (Phi) is 6.63. The second-order valence-corrected chi connectivity index (χ2v) is 4.01. The predicted molar refractivity (Wildman–Crippen MR) is 51.5 cm³/mol. The van der Waals surface area contributed by atoms with Crippen LogP contribution in [0.1, 0.15) is 46.5 Å². The molecule has 0 aromatic heterocycles. The van der Waals surface area contributed by atoms with Crippen LogP contribution >= 0.6 is 0 Å². The van der Waals surface area contributed by atoms with E-state index in [4.69, 9.17) is 5.73 Å². The highest BCUT2D eigenvalue weighted by Crippen LogP contribution is 2.13. The van der Waals surface area contributed by atoms with E-state index in [0.29, 0.717) is 0 Å². The minimum atomic E-state index is 0.832. The molecular formula is C10H23N. The van der Waals surface area contributed by atoms with Gasteiger partial charge >= 0.3 is 0 Å². The van der Waals surface area contributed by atoms with Gasteiger partial charge in [-0.15, -0.1) is 0 Å². The van der Waals surface area contributed by atoms with Gasteiger partial charge in [-0.25, -0.2) is 0 Å². The van der Waals surface area contributed by atoms with E-state index >= 15 is 0 Å². The fraction of sp³-hybridized carbons (Fsp3) is 1.00. The molecule has 0 aliphatic carbocycles. The van der Waals surface area contributed by atoms with E-state index < -0.39 is 0 Å². The highest BCUT2D eigenvalue weighted by molar-refractivity contribution is 4.55. The van der Waals surface area contributed by atoms with E-state index in [1.807, 2.05) is 0 Å². The summed E-state index contributed by atoms with van der Waals surface area (Å²) in [4.78, 5) is 0. The maximum absolute atomic E-state index is 5.46. The monoisotopic (exact) mass is 157 g/mol. The van der Waals surface area contributed by atoms with E-state index in [9.17, 15) is 0 Å². The maximum Gasteiger partial charge on any atom is -0.00747 e. The molecule has 0 aromatic rings. The van der Waals surface area contributed by atoms with Gasteiger partial charge in [-0.05, 0) is 24.8 Å². The summed E-state index contributed by atoms with van der Waals surface area (Å²) in [6.07, 6.45) is 5.29. The minimum Gasteiger partial charge on any atom is -0.330 e. The van der Waals surface area contributed by atoms with E-state index in [0.717, 1.165) is 18.4 Å². The third kappa shape index (κ3) is 7.86. The zero-order valence-corrected chi connectivity index (χ0v) is 8.27. The summed E-state index contributed by atoms with van der Waals surface area (Å²) in [6.45, 7) is 7.72. The van der Waals surface area contributed by atoms with Crippen molar-refractivity contribution in [3.8, 4) is 0 Å². The molecule has 68 valence electrons. The Morgan fingerprint density at radius 3 is 2.09 bits per heavy atom. The van der Waals surface area contributed by atoms with Gasteiger partial charge in [0.05, 0.1) is 0 Å². The number of hydrogen-bond donors (Lipinski definition) is 1. The fourth-order valence-corrected chi connectivity index (χ4v) is 1.30. The van der Waals surface area contributed by atoms with Gasteiger partial charge in [0.25, 0.3) is 0 Å². The Hall–Kier alpha value is -0.0400. The van der Waals surface area contributed by atoms with Gasteiger partial charge in [0, 0.05) is 0 Å². The first kappa shape index (κ1) is 11.0. The first-order valence-corrected chi connectivity index (χ1v) is 4.87. The second kappa shape index (κ2) is 6.66. The number of rotatable bonds is 6. The highest BCUT2D eigenvalue weighted by atomic mass is 14.5. The van der Waals surface area contributed by atoms with Crippen LogP contribution in [0.25, 0.3) is 0 Å². The van der Waals surface area contributed by atoms with Crippen molar-refractivity contribution < 1.29 is 0 Å². The Balaban J connectivity index is 3.10. The molecule has 0 aromatic carbocycles. The van der Waals surface area contributed by atoms with Crippen molar-refractivity contribution in [1.29, 1.82) is 0 Å². The van der Waals surface area contributed by atoms with Crippen LogP contribution in [-0.4, -0.2) is 6.54 Å². The third-order valence-electron chi connectivity index (χ3n) is 2.14. The molecule has 0 rings (SSSR count). The topological polar surface area (TPSA) is 26.0 Å². The maximum atomic E-state index is 5.46. The summed E-state index contributed by atoms with van der Waals surface area (Å²) < 4.78 is 0. The lowest BCUT2D eigenvalue weighted by Gasteiger charge is -2.10. The molecule has 0 fully saturated rings. The van der Waals surface area contributed by atoms with Crippen LogP contribution in [0.5, 0.6) is 0 Å². The molecule has 0 radical (unpaired) electrons. The average Bonchev–Trinajstić information content (AvgIpc) is 1.87. The SMILES string of the molecule is CC(C)CCC[C@H](C)CCN. The van der Waals surface area contributed by atoms with Gasteiger partial charge in [0.1, 0.15) is 0 Å². The molecule has 0 spiro atoms. The third-order valence-corrected chi connectivity index (χ3v) is 2.14. The van der Waals surface area contributed by atoms with Crippen molar-refractivity contribution in [2.75, 3.05) is 6.54 Å². The van der Waals surface area contributed by atoms with Crippen molar-refractivity contribution in [3.05, 3.63) is 0 Å². The highest BCUT2D eigenvalue weighted by Gasteiger charge is 2.00. The van der Waals surface area contributed by atoms with Crippen LogP contribution in [0.15, 0.2) is 0 Å². The van der Waals surface area contributed by atoms with E-state index in [-0.39, 0.29) is 0 Å². The van der Waals surface area contributed by atoms with Crippen molar-refractivity contribution in [2.45, 2.75) is 46.5 Å². The molecule has 0 saturated heterocycles. The summed E-state index contributed by atoms with van der Waals surface area (Å²) in [6, 6.07) is 0. The van der Waals surface area contributed by atoms with E-state index in [2.05, 4.69) is 20.8 Å². The fourth-order valence-electron chi connectivity index (χ4n) is 1.30. The largest absolute Gasteiger partial charge is 0.330 e. The quantitative estimate of drug-likeness (QED) is 0.630.